The number of nitrogens with zero attached hydrogens (tertiary/aromatic N) is 1. The van der Waals surface area contributed by atoms with Crippen molar-refractivity contribution in [2.24, 2.45) is 17.6 Å². The van der Waals surface area contributed by atoms with Crippen LogP contribution in [0.4, 0.5) is 0 Å². The minimum atomic E-state index is -0.689. The second-order valence-corrected chi connectivity index (χ2v) is 3.82. The van der Waals surface area contributed by atoms with E-state index in [0.717, 1.165) is 25.9 Å². The van der Waals surface area contributed by atoms with Gasteiger partial charge in [-0.1, -0.05) is 0 Å². The molecule has 4 nitrogen and oxygen atoms in total. The van der Waals surface area contributed by atoms with E-state index >= 15 is 0 Å². The number of rotatable bonds is 2. The summed E-state index contributed by atoms with van der Waals surface area (Å²) in [5.41, 5.74) is 5.56. The van der Waals surface area contributed by atoms with Crippen LogP contribution in [0.25, 0.3) is 0 Å². The lowest BCUT2D eigenvalue weighted by Crippen LogP contribution is -2.29. The number of likely N-dealkylation sites (tertiary alicyclic amines) is 1. The fraction of sp³-hybridized carbons (Fsp3) is 0.889. The average Bonchev–Trinajstić information content (AvgIpc) is 2.26. The molecule has 0 saturated carbocycles. The minimum absolute atomic E-state index is 0.155. The normalized spacial score (nSPS) is 31.2. The molecule has 0 radical (unpaired) electrons. The number of carbonyl (C=O) groups is 1. The van der Waals surface area contributed by atoms with E-state index < -0.39 is 5.97 Å². The van der Waals surface area contributed by atoms with Gasteiger partial charge in [0, 0.05) is 0 Å². The van der Waals surface area contributed by atoms with Gasteiger partial charge in [0.1, 0.15) is 0 Å². The van der Waals surface area contributed by atoms with Gasteiger partial charge in [-0.25, -0.2) is 0 Å². The Morgan fingerprint density at radius 1 is 1.54 bits per heavy atom. The largest absolute Gasteiger partial charge is 0.481 e. The molecule has 0 amide bonds. The van der Waals surface area contributed by atoms with E-state index in [1.807, 2.05) is 7.05 Å². The van der Waals surface area contributed by atoms with Gasteiger partial charge in [-0.05, 0) is 45.4 Å². The van der Waals surface area contributed by atoms with Gasteiger partial charge in [0.15, 0.2) is 0 Å². The van der Waals surface area contributed by atoms with Crippen molar-refractivity contribution >= 4 is 5.97 Å². The number of carboxylic acid groups (broad SMARTS) is 1. The molecular formula is C9H18N2O2. The summed E-state index contributed by atoms with van der Waals surface area (Å²) >= 11 is 0. The molecule has 0 aliphatic carbocycles. The Morgan fingerprint density at radius 2 is 2.15 bits per heavy atom. The van der Waals surface area contributed by atoms with Crippen molar-refractivity contribution in [2.45, 2.75) is 12.8 Å². The molecule has 3 N–H and O–H groups in total. The Labute approximate surface area is 78.7 Å². The van der Waals surface area contributed by atoms with Crippen LogP contribution in [-0.2, 0) is 4.79 Å². The van der Waals surface area contributed by atoms with Crippen molar-refractivity contribution in [3.05, 3.63) is 0 Å². The Kier molecular flexibility index (Phi) is 3.69. The molecule has 2 atom stereocenters. The van der Waals surface area contributed by atoms with Crippen LogP contribution in [0, 0.1) is 11.8 Å². The fourth-order valence-corrected chi connectivity index (χ4v) is 1.90. The molecule has 0 aromatic carbocycles. The zero-order valence-corrected chi connectivity index (χ0v) is 8.07. The van der Waals surface area contributed by atoms with Crippen LogP contribution in [-0.4, -0.2) is 42.7 Å². The van der Waals surface area contributed by atoms with Gasteiger partial charge in [-0.15, -0.1) is 0 Å². The SMILES string of the molecule is CN1CCC(CN)C(C(=O)O)CC1. The predicted molar refractivity (Wildman–Crippen MR) is 50.4 cm³/mol. The summed E-state index contributed by atoms with van der Waals surface area (Å²) in [5.74, 6) is -0.775. The predicted octanol–water partition coefficient (Wildman–Crippen LogP) is -0.0123. The smallest absolute Gasteiger partial charge is 0.306 e. The summed E-state index contributed by atoms with van der Waals surface area (Å²) in [5, 5.41) is 8.98. The van der Waals surface area contributed by atoms with E-state index in [2.05, 4.69) is 4.90 Å². The lowest BCUT2D eigenvalue weighted by molar-refractivity contribution is -0.143. The van der Waals surface area contributed by atoms with E-state index in [4.69, 9.17) is 10.8 Å². The third-order valence-electron chi connectivity index (χ3n) is 2.89. The summed E-state index contributed by atoms with van der Waals surface area (Å²) in [7, 11) is 2.03. The van der Waals surface area contributed by atoms with Gasteiger partial charge in [0.25, 0.3) is 0 Å². The quantitative estimate of drug-likeness (QED) is 0.636. The van der Waals surface area contributed by atoms with Crippen LogP contribution in [0.3, 0.4) is 0 Å². The fourth-order valence-electron chi connectivity index (χ4n) is 1.90. The molecular weight excluding hydrogens is 168 g/mol. The highest BCUT2D eigenvalue weighted by molar-refractivity contribution is 5.70. The van der Waals surface area contributed by atoms with E-state index in [0.29, 0.717) is 6.54 Å². The second-order valence-electron chi connectivity index (χ2n) is 3.82. The van der Waals surface area contributed by atoms with Crippen LogP contribution in [0.15, 0.2) is 0 Å². The van der Waals surface area contributed by atoms with E-state index in [1.165, 1.54) is 0 Å². The highest BCUT2D eigenvalue weighted by atomic mass is 16.4. The molecule has 4 heteroatoms. The molecule has 0 aromatic heterocycles. The topological polar surface area (TPSA) is 66.6 Å². The molecule has 1 heterocycles. The summed E-state index contributed by atoms with van der Waals surface area (Å²) in [6.45, 7) is 2.32. The van der Waals surface area contributed by atoms with Crippen LogP contribution in [0.2, 0.25) is 0 Å². The van der Waals surface area contributed by atoms with Crippen LogP contribution < -0.4 is 5.73 Å². The third-order valence-corrected chi connectivity index (χ3v) is 2.89. The van der Waals surface area contributed by atoms with Crippen LogP contribution in [0.5, 0.6) is 0 Å². The highest BCUT2D eigenvalue weighted by Gasteiger charge is 2.29. The average molecular weight is 186 g/mol. The maximum atomic E-state index is 10.9. The number of aliphatic carboxylic acids is 1. The Morgan fingerprint density at radius 3 is 2.69 bits per heavy atom. The van der Waals surface area contributed by atoms with Gasteiger partial charge in [0.05, 0.1) is 5.92 Å². The standard InChI is InChI=1S/C9H18N2O2/c1-11-4-2-7(6-10)8(3-5-11)9(12)13/h7-8H,2-6,10H2,1H3,(H,12,13). The Balaban J connectivity index is 2.61. The first-order valence-electron chi connectivity index (χ1n) is 4.76. The lowest BCUT2D eigenvalue weighted by atomic mass is 9.88. The van der Waals surface area contributed by atoms with E-state index in [9.17, 15) is 4.79 Å². The van der Waals surface area contributed by atoms with Gasteiger partial charge in [-0.2, -0.15) is 0 Å². The van der Waals surface area contributed by atoms with Crippen molar-refractivity contribution in [1.82, 2.24) is 4.90 Å². The number of hydrogen-bond acceptors (Lipinski definition) is 3. The van der Waals surface area contributed by atoms with Crippen molar-refractivity contribution in [2.75, 3.05) is 26.7 Å². The molecule has 2 unspecified atom stereocenters. The zero-order valence-electron chi connectivity index (χ0n) is 8.07. The van der Waals surface area contributed by atoms with Crippen molar-refractivity contribution in [1.29, 1.82) is 0 Å². The maximum Gasteiger partial charge on any atom is 0.306 e. The van der Waals surface area contributed by atoms with E-state index in [-0.39, 0.29) is 11.8 Å². The molecule has 0 aromatic rings. The minimum Gasteiger partial charge on any atom is -0.481 e. The van der Waals surface area contributed by atoms with Gasteiger partial charge >= 0.3 is 5.97 Å². The molecule has 1 saturated heterocycles. The molecule has 0 bridgehead atoms. The number of nitrogens with two attached hydrogens (primary N) is 1. The van der Waals surface area contributed by atoms with Crippen LogP contribution in [0.1, 0.15) is 12.8 Å². The molecule has 1 rings (SSSR count). The Bertz CT molecular complexity index is 184. The summed E-state index contributed by atoms with van der Waals surface area (Å²) in [4.78, 5) is 13.1. The van der Waals surface area contributed by atoms with Crippen molar-refractivity contribution in [3.8, 4) is 0 Å². The summed E-state index contributed by atoms with van der Waals surface area (Å²) in [6, 6.07) is 0. The molecule has 0 spiro atoms. The number of carboxylic acids is 1. The van der Waals surface area contributed by atoms with E-state index in [1.54, 1.807) is 0 Å². The lowest BCUT2D eigenvalue weighted by Gasteiger charge is -2.18. The first-order valence-corrected chi connectivity index (χ1v) is 4.76. The first kappa shape index (κ1) is 10.5. The van der Waals surface area contributed by atoms with Crippen molar-refractivity contribution < 1.29 is 9.90 Å². The number of hydrogen-bond donors (Lipinski definition) is 2. The first-order chi connectivity index (χ1) is 6.15. The van der Waals surface area contributed by atoms with Gasteiger partial charge in [0.2, 0.25) is 0 Å². The molecule has 1 aliphatic heterocycles. The molecule has 1 aliphatic rings. The molecule has 13 heavy (non-hydrogen) atoms. The highest BCUT2D eigenvalue weighted by Crippen LogP contribution is 2.22. The maximum absolute atomic E-state index is 10.9. The van der Waals surface area contributed by atoms with Gasteiger partial charge < -0.3 is 15.7 Å². The van der Waals surface area contributed by atoms with Crippen LogP contribution >= 0.6 is 0 Å². The molecule has 1 fully saturated rings. The molecule has 76 valence electrons. The van der Waals surface area contributed by atoms with Gasteiger partial charge in [-0.3, -0.25) is 4.79 Å². The summed E-state index contributed by atoms with van der Waals surface area (Å²) < 4.78 is 0. The zero-order chi connectivity index (χ0) is 9.84. The Hall–Kier alpha value is -0.610. The summed E-state index contributed by atoms with van der Waals surface area (Å²) in [6.07, 6.45) is 1.64. The monoisotopic (exact) mass is 186 g/mol. The second kappa shape index (κ2) is 4.58. The third kappa shape index (κ3) is 2.67. The van der Waals surface area contributed by atoms with Crippen molar-refractivity contribution in [3.63, 3.8) is 0 Å².